The van der Waals surface area contributed by atoms with E-state index in [4.69, 9.17) is 4.74 Å². The Kier molecular flexibility index (Phi) is 7.12. The normalized spacial score (nSPS) is 15.0. The van der Waals surface area contributed by atoms with Gasteiger partial charge in [0, 0.05) is 24.3 Å². The van der Waals surface area contributed by atoms with E-state index >= 15 is 0 Å². The van der Waals surface area contributed by atoms with Crippen LogP contribution in [0.5, 0.6) is 0 Å². The van der Waals surface area contributed by atoms with E-state index < -0.39 is 11.9 Å². The Morgan fingerprint density at radius 1 is 0.909 bits per heavy atom. The lowest BCUT2D eigenvalue weighted by Crippen LogP contribution is -2.49. The maximum absolute atomic E-state index is 14.7. The fourth-order valence-corrected chi connectivity index (χ4v) is 3.74. The van der Waals surface area contributed by atoms with Gasteiger partial charge < -0.3 is 10.1 Å². The van der Waals surface area contributed by atoms with Crippen LogP contribution in [-0.4, -0.2) is 49.1 Å². The molecule has 2 amide bonds. The summed E-state index contributed by atoms with van der Waals surface area (Å²) in [4.78, 5) is 27.0. The van der Waals surface area contributed by atoms with Crippen LogP contribution in [0.2, 0.25) is 0 Å². The van der Waals surface area contributed by atoms with Gasteiger partial charge in [-0.15, -0.1) is 5.12 Å². The lowest BCUT2D eigenvalue weighted by atomic mass is 10.0. The van der Waals surface area contributed by atoms with E-state index in [1.807, 2.05) is 47.4 Å². The summed E-state index contributed by atoms with van der Waals surface area (Å²) < 4.78 is 20.0. The number of ether oxygens (including phenoxy) is 1. The van der Waals surface area contributed by atoms with E-state index in [-0.39, 0.29) is 16.7 Å². The summed E-state index contributed by atoms with van der Waals surface area (Å²) in [5.74, 6) is -0.899. The highest BCUT2D eigenvalue weighted by molar-refractivity contribution is 6.04. The molecule has 1 aliphatic rings. The Hall–Kier alpha value is -3.55. The van der Waals surface area contributed by atoms with Crippen molar-refractivity contribution >= 4 is 23.2 Å². The first-order valence-corrected chi connectivity index (χ1v) is 10.9. The van der Waals surface area contributed by atoms with Gasteiger partial charge in [-0.05, 0) is 54.4 Å². The Bertz CT molecular complexity index is 1080. The third kappa shape index (κ3) is 5.45. The van der Waals surface area contributed by atoms with Gasteiger partial charge in [-0.1, -0.05) is 46.9 Å². The van der Waals surface area contributed by atoms with Crippen molar-refractivity contribution in [2.24, 2.45) is 0 Å². The minimum absolute atomic E-state index is 0.116. The van der Waals surface area contributed by atoms with Gasteiger partial charge in [0.1, 0.15) is 0 Å². The van der Waals surface area contributed by atoms with Crippen LogP contribution in [0.3, 0.4) is 0 Å². The number of halogens is 1. The molecule has 170 valence electrons. The molecule has 3 aromatic rings. The number of carbonyl (C=O) groups excluding carboxylic acids is 2. The summed E-state index contributed by atoms with van der Waals surface area (Å²) in [6, 6.07) is 22.7. The molecule has 3 aromatic carbocycles. The minimum atomic E-state index is -0.632. The highest BCUT2D eigenvalue weighted by atomic mass is 19.2. The summed E-state index contributed by atoms with van der Waals surface area (Å²) in [5, 5.41) is 2.96. The minimum Gasteiger partial charge on any atom is -0.379 e. The van der Waals surface area contributed by atoms with Crippen molar-refractivity contribution in [3.63, 3.8) is 0 Å². The smallest absolute Gasteiger partial charge is 0.272 e. The number of nitrogens with zero attached hydrogens (tertiary/aromatic N) is 2. The number of hydrogen-bond acceptors (Lipinski definition) is 4. The molecule has 6 nitrogen and oxygen atoms in total. The fourth-order valence-electron chi connectivity index (χ4n) is 3.74. The molecular formula is C26H26FN3O3. The number of benzene rings is 3. The van der Waals surface area contributed by atoms with E-state index in [0.717, 1.165) is 11.1 Å². The van der Waals surface area contributed by atoms with Crippen LogP contribution in [0.1, 0.15) is 17.3 Å². The number of nitrogens with one attached hydrogen (secondary N) is 1. The Morgan fingerprint density at radius 3 is 2.15 bits per heavy atom. The van der Waals surface area contributed by atoms with Crippen molar-refractivity contribution in [1.29, 1.82) is 0 Å². The molecule has 1 aliphatic heterocycles. The topological polar surface area (TPSA) is 61.9 Å². The van der Waals surface area contributed by atoms with Crippen LogP contribution in [0, 0.1) is 0 Å². The second-order valence-corrected chi connectivity index (χ2v) is 7.89. The van der Waals surface area contributed by atoms with Crippen molar-refractivity contribution in [3.05, 3.63) is 84.4 Å². The first-order valence-electron chi connectivity index (χ1n) is 10.9. The van der Waals surface area contributed by atoms with Crippen molar-refractivity contribution in [3.8, 4) is 11.1 Å². The van der Waals surface area contributed by atoms with E-state index in [1.165, 1.54) is 12.1 Å². The molecule has 0 aromatic heterocycles. The van der Waals surface area contributed by atoms with Crippen LogP contribution < -0.4 is 10.4 Å². The molecule has 1 N–H and O–H groups in total. The fraction of sp³-hybridized carbons (Fsp3) is 0.231. The summed E-state index contributed by atoms with van der Waals surface area (Å²) >= 11 is 0. The van der Waals surface area contributed by atoms with E-state index in [2.05, 4.69) is 5.32 Å². The van der Waals surface area contributed by atoms with Crippen LogP contribution in [0.15, 0.2) is 78.9 Å². The van der Waals surface area contributed by atoms with Gasteiger partial charge in [-0.2, -0.15) is 0 Å². The van der Waals surface area contributed by atoms with Gasteiger partial charge in [-0.3, -0.25) is 14.5 Å². The summed E-state index contributed by atoms with van der Waals surface area (Å²) in [6.45, 7) is 3.95. The van der Waals surface area contributed by atoms with Crippen molar-refractivity contribution in [2.45, 2.75) is 13.0 Å². The first-order chi connectivity index (χ1) is 16.0. The van der Waals surface area contributed by atoms with Gasteiger partial charge in [-0.25, -0.2) is 0 Å². The van der Waals surface area contributed by atoms with Crippen LogP contribution >= 0.6 is 0 Å². The Balaban J connectivity index is 1.36. The molecule has 4 rings (SSSR count). The molecule has 0 saturated carbocycles. The average Bonchev–Trinajstić information content (AvgIpc) is 2.89. The molecule has 1 heterocycles. The largest absolute Gasteiger partial charge is 0.379 e. The zero-order chi connectivity index (χ0) is 23.2. The first kappa shape index (κ1) is 22.6. The van der Waals surface area contributed by atoms with Crippen LogP contribution in [-0.2, 0) is 9.53 Å². The molecule has 1 saturated heterocycles. The Labute approximate surface area is 192 Å². The molecule has 0 unspecified atom stereocenters. The standard InChI is InChI=1S/C26H26FN3O3/c1-19(29-15-17-33-18-16-29)26(32)30(27)24-13-11-23(12-14-24)28-25(31)22-9-7-21(8-10-22)20-5-3-2-4-6-20/h2-14,19H,15-18H2,1H3,(H,28,31)/t19-/m1/s1. The van der Waals surface area contributed by atoms with Crippen LogP contribution in [0.4, 0.5) is 15.9 Å². The molecular weight excluding hydrogens is 421 g/mol. The summed E-state index contributed by atoms with van der Waals surface area (Å²) in [5.41, 5.74) is 3.24. The molecule has 1 atom stereocenters. The van der Waals surface area contributed by atoms with Gasteiger partial charge in [0.25, 0.3) is 11.8 Å². The molecule has 0 radical (unpaired) electrons. The second-order valence-electron chi connectivity index (χ2n) is 7.89. The highest BCUT2D eigenvalue weighted by Gasteiger charge is 2.28. The lowest BCUT2D eigenvalue weighted by Gasteiger charge is -2.32. The third-order valence-corrected chi connectivity index (χ3v) is 5.75. The average molecular weight is 448 g/mol. The number of hydrogen-bond donors (Lipinski definition) is 1. The van der Waals surface area contributed by atoms with Crippen molar-refractivity contribution < 1.29 is 18.8 Å². The van der Waals surface area contributed by atoms with Gasteiger partial charge in [0.2, 0.25) is 0 Å². The maximum Gasteiger partial charge on any atom is 0.272 e. The van der Waals surface area contributed by atoms with Crippen molar-refractivity contribution in [1.82, 2.24) is 4.90 Å². The van der Waals surface area contributed by atoms with E-state index in [0.29, 0.717) is 37.6 Å². The van der Waals surface area contributed by atoms with Gasteiger partial charge >= 0.3 is 0 Å². The predicted molar refractivity (Wildman–Crippen MR) is 127 cm³/mol. The van der Waals surface area contributed by atoms with Gasteiger partial charge in [0.05, 0.1) is 24.9 Å². The number of rotatable bonds is 6. The van der Waals surface area contributed by atoms with E-state index in [1.54, 1.807) is 31.2 Å². The molecule has 7 heteroatoms. The summed E-state index contributed by atoms with van der Waals surface area (Å²) in [6.07, 6.45) is 0. The third-order valence-electron chi connectivity index (χ3n) is 5.75. The second kappa shape index (κ2) is 10.4. The highest BCUT2D eigenvalue weighted by Crippen LogP contribution is 2.22. The maximum atomic E-state index is 14.7. The zero-order valence-electron chi connectivity index (χ0n) is 18.4. The molecule has 0 aliphatic carbocycles. The number of morpholine rings is 1. The Morgan fingerprint density at radius 2 is 1.52 bits per heavy atom. The number of anilines is 2. The predicted octanol–water partition coefficient (Wildman–Crippen LogP) is 4.54. The number of carbonyl (C=O) groups is 2. The molecule has 33 heavy (non-hydrogen) atoms. The SMILES string of the molecule is C[C@H](C(=O)N(F)c1ccc(NC(=O)c2ccc(-c3ccccc3)cc2)cc1)N1CCOCC1. The van der Waals surface area contributed by atoms with Gasteiger partial charge in [0.15, 0.2) is 0 Å². The monoisotopic (exact) mass is 447 g/mol. The quantitative estimate of drug-likeness (QED) is 0.564. The lowest BCUT2D eigenvalue weighted by molar-refractivity contribution is -0.127. The van der Waals surface area contributed by atoms with Crippen molar-refractivity contribution in [2.75, 3.05) is 36.7 Å². The molecule has 0 bridgehead atoms. The van der Waals surface area contributed by atoms with Crippen LogP contribution in [0.25, 0.3) is 11.1 Å². The molecule has 0 spiro atoms. The summed E-state index contributed by atoms with van der Waals surface area (Å²) in [7, 11) is 0. The molecule has 1 fully saturated rings. The van der Waals surface area contributed by atoms with E-state index in [9.17, 15) is 14.1 Å². The number of amides is 2. The zero-order valence-corrected chi connectivity index (χ0v) is 18.4.